The molecule has 1 atom stereocenters. The Balaban J connectivity index is 3.40. The van der Waals surface area contributed by atoms with Gasteiger partial charge in [-0.3, -0.25) is 4.79 Å². The van der Waals surface area contributed by atoms with E-state index in [9.17, 15) is 9.90 Å². The molecule has 144 valence electrons. The second kappa shape index (κ2) is 9.32. The molecular formula is C20H30O4SSi. The zero-order chi connectivity index (χ0) is 20.1. The van der Waals surface area contributed by atoms with Crippen molar-refractivity contribution in [3.8, 4) is 11.5 Å². The molecule has 0 spiro atoms. The summed E-state index contributed by atoms with van der Waals surface area (Å²) in [6, 6.07) is 3.95. The van der Waals surface area contributed by atoms with Crippen LogP contribution in [0, 0.1) is 5.92 Å². The smallest absolute Gasteiger partial charge is 0.229 e. The highest BCUT2D eigenvalue weighted by molar-refractivity contribution is 7.80. The Morgan fingerprint density at radius 1 is 1.31 bits per heavy atom. The Morgan fingerprint density at radius 2 is 1.92 bits per heavy atom. The summed E-state index contributed by atoms with van der Waals surface area (Å²) < 4.78 is 11.8. The average Bonchev–Trinajstić information content (AvgIpc) is 2.51. The van der Waals surface area contributed by atoms with Gasteiger partial charge in [0.25, 0.3) is 0 Å². The molecule has 26 heavy (non-hydrogen) atoms. The molecule has 0 aromatic heterocycles. The van der Waals surface area contributed by atoms with Crippen molar-refractivity contribution in [1.82, 2.24) is 0 Å². The third-order valence-corrected chi connectivity index (χ3v) is 4.98. The van der Waals surface area contributed by atoms with Crippen molar-refractivity contribution in [2.75, 3.05) is 7.11 Å². The van der Waals surface area contributed by atoms with Crippen LogP contribution >= 0.6 is 12.2 Å². The number of hydrogen-bond acceptors (Lipinski definition) is 4. The minimum atomic E-state index is -1.39. The number of ether oxygens (including phenoxy) is 1. The molecule has 0 bridgehead atoms. The lowest BCUT2D eigenvalue weighted by Gasteiger charge is -2.26. The van der Waals surface area contributed by atoms with Crippen LogP contribution in [0.4, 0.5) is 0 Å². The Bertz CT molecular complexity index is 690. The SMILES string of the molecule is CCC(C(=O)C=Cc1ccc(C(C)(C)C)c(OC)c1O[SiH](C)C)C(O)=S. The molecular weight excluding hydrogens is 364 g/mol. The number of ketones is 1. The van der Waals surface area contributed by atoms with Crippen molar-refractivity contribution in [3.63, 3.8) is 0 Å². The number of allylic oxidation sites excluding steroid dienone is 1. The molecule has 0 saturated heterocycles. The molecule has 0 aliphatic carbocycles. The van der Waals surface area contributed by atoms with Gasteiger partial charge in [0, 0.05) is 11.1 Å². The first-order chi connectivity index (χ1) is 12.0. The fraction of sp³-hybridized carbons (Fsp3) is 0.500. The zero-order valence-electron chi connectivity index (χ0n) is 16.8. The van der Waals surface area contributed by atoms with Gasteiger partial charge in [0.15, 0.2) is 22.3 Å². The number of carbonyl (C=O) groups is 1. The zero-order valence-corrected chi connectivity index (χ0v) is 18.7. The summed E-state index contributed by atoms with van der Waals surface area (Å²) in [6.07, 6.45) is 3.63. The van der Waals surface area contributed by atoms with Crippen molar-refractivity contribution in [2.45, 2.75) is 52.6 Å². The van der Waals surface area contributed by atoms with Gasteiger partial charge in [0.2, 0.25) is 9.04 Å². The second-order valence-corrected chi connectivity index (χ2v) is 10.3. The topological polar surface area (TPSA) is 55.8 Å². The summed E-state index contributed by atoms with van der Waals surface area (Å²) in [7, 11) is 0.241. The molecule has 0 aliphatic heterocycles. The first kappa shape index (κ1) is 22.4. The number of aliphatic hydroxyl groups excluding tert-OH is 1. The van der Waals surface area contributed by atoms with Crippen molar-refractivity contribution >= 4 is 38.2 Å². The van der Waals surface area contributed by atoms with Gasteiger partial charge in [-0.1, -0.05) is 39.8 Å². The largest absolute Gasteiger partial charge is 0.544 e. The summed E-state index contributed by atoms with van der Waals surface area (Å²) in [5, 5.41) is 9.23. The van der Waals surface area contributed by atoms with Crippen molar-refractivity contribution < 1.29 is 19.1 Å². The summed E-state index contributed by atoms with van der Waals surface area (Å²) in [5.74, 6) is 0.510. The van der Waals surface area contributed by atoms with Gasteiger partial charge in [-0.2, -0.15) is 0 Å². The molecule has 1 aromatic carbocycles. The highest BCUT2D eigenvalue weighted by Crippen LogP contribution is 2.41. The lowest BCUT2D eigenvalue weighted by atomic mass is 9.85. The molecule has 0 aliphatic rings. The number of rotatable bonds is 8. The molecule has 1 aromatic rings. The third-order valence-electron chi connectivity index (χ3n) is 3.99. The van der Waals surface area contributed by atoms with E-state index < -0.39 is 15.0 Å². The number of benzene rings is 1. The Morgan fingerprint density at radius 3 is 2.35 bits per heavy atom. The van der Waals surface area contributed by atoms with Crippen LogP contribution in [0.25, 0.3) is 6.08 Å². The van der Waals surface area contributed by atoms with E-state index >= 15 is 0 Å². The van der Waals surface area contributed by atoms with Crippen LogP contribution in [0.3, 0.4) is 0 Å². The van der Waals surface area contributed by atoms with E-state index in [1.807, 2.05) is 19.1 Å². The highest BCUT2D eigenvalue weighted by Gasteiger charge is 2.24. The van der Waals surface area contributed by atoms with Crippen LogP contribution in [0.15, 0.2) is 18.2 Å². The molecule has 1 N–H and O–H groups in total. The standard InChI is InChI=1S/C20H30O4SSi/c1-8-14(19(22)25)16(21)12-10-13-9-11-15(20(2,3)4)18(23-5)17(13)24-26(6)7/h9-12,14,26H,8H2,1-7H3,(H,22,25). The molecule has 0 radical (unpaired) electrons. The first-order valence-corrected chi connectivity index (χ1v) is 12.0. The van der Waals surface area contributed by atoms with Gasteiger partial charge in [-0.15, -0.1) is 0 Å². The number of carbonyl (C=O) groups excluding carboxylic acids is 1. The number of thiocarbonyl (C=S) groups is 1. The van der Waals surface area contributed by atoms with E-state index in [1.165, 1.54) is 6.08 Å². The molecule has 0 saturated carbocycles. The molecule has 6 heteroatoms. The second-order valence-electron chi connectivity index (χ2n) is 7.52. The van der Waals surface area contributed by atoms with E-state index in [4.69, 9.17) is 21.4 Å². The van der Waals surface area contributed by atoms with E-state index in [0.717, 1.165) is 11.1 Å². The minimum Gasteiger partial charge on any atom is -0.544 e. The Hall–Kier alpha value is -1.66. The van der Waals surface area contributed by atoms with Gasteiger partial charge in [-0.05, 0) is 49.3 Å². The third kappa shape index (κ3) is 5.67. The lowest BCUT2D eigenvalue weighted by molar-refractivity contribution is -0.116. The van der Waals surface area contributed by atoms with Crippen LogP contribution in [0.5, 0.6) is 11.5 Å². The number of aliphatic hydroxyl groups is 1. The Kier molecular flexibility index (Phi) is 8.03. The highest BCUT2D eigenvalue weighted by atomic mass is 32.1. The van der Waals surface area contributed by atoms with Crippen LogP contribution in [0.1, 0.15) is 45.2 Å². The molecule has 0 amide bonds. The predicted molar refractivity (Wildman–Crippen MR) is 114 cm³/mol. The summed E-state index contributed by atoms with van der Waals surface area (Å²) in [6.45, 7) is 12.3. The molecule has 1 unspecified atom stereocenters. The molecule has 4 nitrogen and oxygen atoms in total. The lowest BCUT2D eigenvalue weighted by Crippen LogP contribution is -2.19. The monoisotopic (exact) mass is 394 g/mol. The fourth-order valence-electron chi connectivity index (χ4n) is 2.65. The van der Waals surface area contributed by atoms with Gasteiger partial charge in [-0.25, -0.2) is 0 Å². The van der Waals surface area contributed by atoms with Gasteiger partial charge < -0.3 is 14.3 Å². The first-order valence-electron chi connectivity index (χ1n) is 8.85. The number of methoxy groups -OCH3 is 1. The predicted octanol–water partition coefficient (Wildman–Crippen LogP) is 4.85. The van der Waals surface area contributed by atoms with Gasteiger partial charge >= 0.3 is 0 Å². The van der Waals surface area contributed by atoms with E-state index in [-0.39, 0.29) is 16.2 Å². The van der Waals surface area contributed by atoms with Crippen LogP contribution in [-0.2, 0) is 10.2 Å². The summed E-state index contributed by atoms with van der Waals surface area (Å²) in [4.78, 5) is 12.3. The van der Waals surface area contributed by atoms with E-state index in [0.29, 0.717) is 17.9 Å². The van der Waals surface area contributed by atoms with E-state index in [1.54, 1.807) is 13.2 Å². The Labute approximate surface area is 163 Å². The van der Waals surface area contributed by atoms with Crippen molar-refractivity contribution in [1.29, 1.82) is 0 Å². The van der Waals surface area contributed by atoms with Crippen LogP contribution in [0.2, 0.25) is 13.1 Å². The van der Waals surface area contributed by atoms with Crippen LogP contribution < -0.4 is 9.16 Å². The van der Waals surface area contributed by atoms with Gasteiger partial charge in [0.1, 0.15) is 0 Å². The fourth-order valence-corrected chi connectivity index (χ4v) is 3.64. The molecule has 1 rings (SSSR count). The maximum absolute atomic E-state index is 12.3. The summed E-state index contributed by atoms with van der Waals surface area (Å²) >= 11 is 4.77. The minimum absolute atomic E-state index is 0.101. The summed E-state index contributed by atoms with van der Waals surface area (Å²) in [5.41, 5.74) is 1.73. The quantitative estimate of drug-likeness (QED) is 0.388. The van der Waals surface area contributed by atoms with Crippen molar-refractivity contribution in [3.05, 3.63) is 29.3 Å². The van der Waals surface area contributed by atoms with Gasteiger partial charge in [0.05, 0.1) is 13.0 Å². The average molecular weight is 395 g/mol. The number of hydrogen-bond donors (Lipinski definition) is 1. The van der Waals surface area contributed by atoms with E-state index in [2.05, 4.69) is 33.9 Å². The normalized spacial score (nSPS) is 13.1. The maximum Gasteiger partial charge on any atom is 0.229 e. The maximum atomic E-state index is 12.3. The van der Waals surface area contributed by atoms with Crippen LogP contribution in [-0.4, -0.2) is 32.1 Å². The molecule has 0 heterocycles. The van der Waals surface area contributed by atoms with Crippen molar-refractivity contribution in [2.24, 2.45) is 5.92 Å². The molecule has 0 fully saturated rings.